The third kappa shape index (κ3) is 2.78. The van der Waals surface area contributed by atoms with Crippen molar-refractivity contribution in [1.82, 2.24) is 0 Å². The van der Waals surface area contributed by atoms with Crippen LogP contribution in [0.2, 0.25) is 5.02 Å². The maximum absolute atomic E-state index is 17.4. The van der Waals surface area contributed by atoms with E-state index >= 15 is 4.39 Å². The van der Waals surface area contributed by atoms with Gasteiger partial charge in [0.15, 0.2) is 22.8 Å². The molecule has 4 fully saturated rings. The van der Waals surface area contributed by atoms with E-state index in [1.807, 2.05) is 19.1 Å². The van der Waals surface area contributed by atoms with Gasteiger partial charge in [-0.2, -0.15) is 0 Å². The third-order valence-electron chi connectivity index (χ3n) is 10.3. The number of hydrogen-bond donors (Lipinski definition) is 2. The molecule has 192 valence electrons. The Balaban J connectivity index is 1.43. The van der Waals surface area contributed by atoms with Gasteiger partial charge in [-0.25, -0.2) is 4.39 Å². The fraction of sp³-hybridized carbons (Fsp3) is 0.571. The first-order valence-corrected chi connectivity index (χ1v) is 13.1. The van der Waals surface area contributed by atoms with Crippen LogP contribution in [0.25, 0.3) is 0 Å². The highest BCUT2D eigenvalue weighted by Gasteiger charge is 2.78. The van der Waals surface area contributed by atoms with Crippen molar-refractivity contribution in [2.24, 2.45) is 28.6 Å². The van der Waals surface area contributed by atoms with Gasteiger partial charge in [-0.3, -0.25) is 19.5 Å². The van der Waals surface area contributed by atoms with Crippen molar-refractivity contribution in [2.75, 3.05) is 18.2 Å². The molecule has 0 spiro atoms. The number of aliphatic hydroxyl groups is 2. The molecule has 1 aromatic carbocycles. The number of carbonyl (C=O) groups is 2. The number of nitrogens with zero attached hydrogens (tertiary/aromatic N) is 1. The van der Waals surface area contributed by atoms with Crippen LogP contribution in [-0.4, -0.2) is 52.3 Å². The minimum atomic E-state index is -1.98. The molecule has 6 rings (SSSR count). The molecule has 0 radical (unpaired) electrons. The molecule has 1 aromatic rings. The Bertz CT molecular complexity index is 1200. The number of fused-ring (bicyclic) bond motifs is 7. The summed E-state index contributed by atoms with van der Waals surface area (Å²) >= 11 is 6.05. The first-order chi connectivity index (χ1) is 17.0. The van der Waals surface area contributed by atoms with Gasteiger partial charge in [-0.1, -0.05) is 30.2 Å². The Morgan fingerprint density at radius 1 is 1.25 bits per heavy atom. The maximum Gasteiger partial charge on any atom is 0.193 e. The van der Waals surface area contributed by atoms with Crippen LogP contribution in [-0.2, 0) is 14.4 Å². The van der Waals surface area contributed by atoms with E-state index in [2.05, 4.69) is 0 Å². The van der Waals surface area contributed by atoms with Gasteiger partial charge >= 0.3 is 0 Å². The van der Waals surface area contributed by atoms with Crippen molar-refractivity contribution in [3.05, 3.63) is 53.1 Å². The van der Waals surface area contributed by atoms with E-state index in [1.54, 1.807) is 30.2 Å². The Morgan fingerprint density at radius 2 is 1.97 bits per heavy atom. The van der Waals surface area contributed by atoms with E-state index in [0.717, 1.165) is 11.3 Å². The zero-order valence-electron chi connectivity index (χ0n) is 20.4. The molecule has 0 unspecified atom stereocenters. The van der Waals surface area contributed by atoms with Crippen LogP contribution >= 0.6 is 11.6 Å². The second-order valence-corrected chi connectivity index (χ2v) is 12.1. The van der Waals surface area contributed by atoms with Crippen molar-refractivity contribution in [1.29, 1.82) is 0 Å². The molecular formula is C28H31ClFNO5. The molecule has 4 aliphatic carbocycles. The largest absolute Gasteiger partial charge is 0.390 e. The van der Waals surface area contributed by atoms with Crippen molar-refractivity contribution in [3.63, 3.8) is 0 Å². The van der Waals surface area contributed by atoms with Gasteiger partial charge in [0.05, 0.1) is 18.3 Å². The normalized spacial score (nSPS) is 45.0. The number of hydroxylamine groups is 1. The average Bonchev–Trinajstić information content (AvgIpc) is 3.34. The molecule has 0 amide bonds. The predicted molar refractivity (Wildman–Crippen MR) is 132 cm³/mol. The molecule has 1 aliphatic heterocycles. The number of carbonyl (C=O) groups excluding carboxylic acids is 2. The van der Waals surface area contributed by atoms with Crippen molar-refractivity contribution in [2.45, 2.75) is 56.9 Å². The standard InChI is InChI=1S/C28H31ClFNO5/c1-25-10-9-20(33)11-16(25)3-8-21-22-12-17-14-31(19-6-4-18(29)5-7-19)36-28(17,24(35)15-32)26(22,2)13-23(34)27(21,25)30/h4-7,9-11,17,21-23,32,34H,3,8,12-15H2,1-2H3/t17-,21-,22-,23-,25-,26-,27-,28-/m0/s1. The number of anilines is 1. The lowest BCUT2D eigenvalue weighted by atomic mass is 9.44. The van der Waals surface area contributed by atoms with E-state index < -0.39 is 46.5 Å². The number of hydrogen-bond acceptors (Lipinski definition) is 6. The van der Waals surface area contributed by atoms with E-state index in [9.17, 15) is 19.8 Å². The second kappa shape index (κ2) is 7.73. The minimum absolute atomic E-state index is 0.0199. The number of Topliss-reactive ketones (excluding diaryl/α,β-unsaturated/α-hetero) is 1. The molecule has 0 bridgehead atoms. The lowest BCUT2D eigenvalue weighted by Gasteiger charge is -2.62. The molecule has 5 aliphatic rings. The molecule has 8 heteroatoms. The summed E-state index contributed by atoms with van der Waals surface area (Å²) in [5, 5.41) is 23.9. The summed E-state index contributed by atoms with van der Waals surface area (Å²) in [7, 11) is 0. The van der Waals surface area contributed by atoms with Crippen LogP contribution in [0.1, 0.15) is 39.5 Å². The van der Waals surface area contributed by atoms with E-state index in [4.69, 9.17) is 16.4 Å². The second-order valence-electron chi connectivity index (χ2n) is 11.6. The van der Waals surface area contributed by atoms with Gasteiger partial charge in [0, 0.05) is 27.7 Å². The SMILES string of the molecule is C[C@]12C=CC(=O)C=C1CC[C@H]1[C@@H]3C[C@H]4CN(c5ccc(Cl)cc5)O[C@@]4(C(=O)CO)[C@@]3(C)C[C@H](O)[C@@]12F. The van der Waals surface area contributed by atoms with Gasteiger partial charge in [0.25, 0.3) is 0 Å². The van der Waals surface area contributed by atoms with Crippen LogP contribution in [0, 0.1) is 28.6 Å². The summed E-state index contributed by atoms with van der Waals surface area (Å²) in [6.07, 6.45) is 4.79. The number of benzene rings is 1. The zero-order chi connectivity index (χ0) is 25.7. The summed E-state index contributed by atoms with van der Waals surface area (Å²) in [6.45, 7) is 3.43. The van der Waals surface area contributed by atoms with E-state index in [0.29, 0.717) is 30.8 Å². The topological polar surface area (TPSA) is 87.1 Å². The first-order valence-electron chi connectivity index (χ1n) is 12.7. The number of aliphatic hydroxyl groups excluding tert-OH is 2. The lowest BCUT2D eigenvalue weighted by molar-refractivity contribution is -0.223. The number of ketones is 2. The molecule has 3 saturated carbocycles. The minimum Gasteiger partial charge on any atom is -0.390 e. The molecule has 6 nitrogen and oxygen atoms in total. The molecule has 8 atom stereocenters. The Kier molecular flexibility index (Phi) is 5.21. The summed E-state index contributed by atoms with van der Waals surface area (Å²) in [4.78, 5) is 32.1. The highest BCUT2D eigenvalue weighted by atomic mass is 35.5. The van der Waals surface area contributed by atoms with Crippen LogP contribution in [0.5, 0.6) is 0 Å². The number of rotatable bonds is 3. The summed E-state index contributed by atoms with van der Waals surface area (Å²) in [5.74, 6) is -1.61. The van der Waals surface area contributed by atoms with Crippen molar-refractivity contribution < 1.29 is 29.0 Å². The van der Waals surface area contributed by atoms with E-state index in [1.165, 1.54) is 12.2 Å². The van der Waals surface area contributed by atoms with Gasteiger partial charge in [0.2, 0.25) is 0 Å². The van der Waals surface area contributed by atoms with Gasteiger partial charge < -0.3 is 10.2 Å². The smallest absolute Gasteiger partial charge is 0.193 e. The van der Waals surface area contributed by atoms with Crippen LogP contribution in [0.3, 0.4) is 0 Å². The van der Waals surface area contributed by atoms with Crippen LogP contribution in [0.4, 0.5) is 10.1 Å². The predicted octanol–water partition coefficient (Wildman–Crippen LogP) is 3.99. The van der Waals surface area contributed by atoms with Gasteiger partial charge in [-0.15, -0.1) is 0 Å². The Labute approximate surface area is 214 Å². The first kappa shape index (κ1) is 24.3. The zero-order valence-corrected chi connectivity index (χ0v) is 21.2. The Morgan fingerprint density at radius 3 is 2.67 bits per heavy atom. The number of allylic oxidation sites excluding steroid dienone is 4. The molecule has 1 saturated heterocycles. The third-order valence-corrected chi connectivity index (χ3v) is 10.6. The van der Waals surface area contributed by atoms with Crippen molar-refractivity contribution >= 4 is 28.9 Å². The summed E-state index contributed by atoms with van der Waals surface area (Å²) in [6, 6.07) is 7.12. The maximum atomic E-state index is 17.4. The summed E-state index contributed by atoms with van der Waals surface area (Å²) in [5.41, 5.74) is -3.86. The monoisotopic (exact) mass is 515 g/mol. The lowest BCUT2D eigenvalue weighted by Crippen LogP contribution is -2.69. The quantitative estimate of drug-likeness (QED) is 0.633. The number of alkyl halides is 1. The molecular weight excluding hydrogens is 485 g/mol. The van der Waals surface area contributed by atoms with Gasteiger partial charge in [0.1, 0.15) is 6.61 Å². The van der Waals surface area contributed by atoms with E-state index in [-0.39, 0.29) is 24.0 Å². The molecule has 0 aromatic heterocycles. The van der Waals surface area contributed by atoms with Gasteiger partial charge in [-0.05, 0) is 74.9 Å². The highest BCUT2D eigenvalue weighted by molar-refractivity contribution is 6.30. The van der Waals surface area contributed by atoms with Crippen molar-refractivity contribution in [3.8, 4) is 0 Å². The molecule has 1 heterocycles. The highest BCUT2D eigenvalue weighted by Crippen LogP contribution is 2.72. The van der Waals surface area contributed by atoms with Crippen LogP contribution in [0.15, 0.2) is 48.1 Å². The summed E-state index contributed by atoms with van der Waals surface area (Å²) < 4.78 is 17.4. The number of halogens is 2. The molecule has 36 heavy (non-hydrogen) atoms. The average molecular weight is 516 g/mol. The fourth-order valence-corrected chi connectivity index (χ4v) is 8.76. The molecule has 2 N–H and O–H groups in total. The van der Waals surface area contributed by atoms with Crippen LogP contribution < -0.4 is 5.06 Å². The Hall–Kier alpha value is -2.06. The fourth-order valence-electron chi connectivity index (χ4n) is 8.63.